The molecule has 1 saturated heterocycles. The predicted molar refractivity (Wildman–Crippen MR) is 146 cm³/mol. The number of amides is 3. The quantitative estimate of drug-likeness (QED) is 0.117. The zero-order chi connectivity index (χ0) is 28.1. The number of fused-ring (bicyclic) bond motifs is 1. The van der Waals surface area contributed by atoms with Gasteiger partial charge in [0.1, 0.15) is 28.1 Å². The van der Waals surface area contributed by atoms with E-state index in [0.29, 0.717) is 41.5 Å². The van der Waals surface area contributed by atoms with E-state index in [9.17, 15) is 19.5 Å². The van der Waals surface area contributed by atoms with Crippen molar-refractivity contribution < 1.29 is 19.5 Å². The minimum Gasteiger partial charge on any atom is -0.391 e. The highest BCUT2D eigenvalue weighted by Crippen LogP contribution is 2.35. The van der Waals surface area contributed by atoms with Crippen LogP contribution >= 0.6 is 22.9 Å². The van der Waals surface area contributed by atoms with Gasteiger partial charge in [0.15, 0.2) is 5.96 Å². The largest absolute Gasteiger partial charge is 0.391 e. The van der Waals surface area contributed by atoms with E-state index in [4.69, 9.17) is 22.7 Å². The fourth-order valence-corrected chi connectivity index (χ4v) is 5.50. The van der Waals surface area contributed by atoms with Gasteiger partial charge in [-0.1, -0.05) is 11.6 Å². The molecule has 1 aliphatic rings. The molecular weight excluding hydrogens is 546 g/mol. The molecule has 4 heterocycles. The first kappa shape index (κ1) is 28.3. The van der Waals surface area contributed by atoms with Gasteiger partial charge in [0.05, 0.1) is 17.2 Å². The van der Waals surface area contributed by atoms with E-state index in [1.807, 2.05) is 0 Å². The van der Waals surface area contributed by atoms with E-state index in [1.54, 1.807) is 34.3 Å². The number of hydrogen-bond acceptors (Lipinski definition) is 8. The highest BCUT2D eigenvalue weighted by Gasteiger charge is 2.38. The third-order valence-corrected chi connectivity index (χ3v) is 7.49. The molecule has 0 aromatic carbocycles. The van der Waals surface area contributed by atoms with Crippen LogP contribution < -0.4 is 21.7 Å². The van der Waals surface area contributed by atoms with Gasteiger partial charge < -0.3 is 36.1 Å². The molecular formula is C24H30ClN9O4S. The summed E-state index contributed by atoms with van der Waals surface area (Å²) >= 11 is 7.25. The van der Waals surface area contributed by atoms with E-state index in [1.165, 1.54) is 23.3 Å². The number of thiazole rings is 1. The maximum atomic E-state index is 13.3. The number of carbonyl (C=O) groups excluding carboxylic acids is 3. The van der Waals surface area contributed by atoms with Gasteiger partial charge in [-0.3, -0.25) is 19.8 Å². The molecule has 1 fully saturated rings. The van der Waals surface area contributed by atoms with Crippen molar-refractivity contribution in [1.29, 1.82) is 5.41 Å². The van der Waals surface area contributed by atoms with Crippen molar-refractivity contribution in [3.8, 4) is 0 Å². The number of aliphatic hydroxyl groups is 1. The number of nitrogens with one attached hydrogen (secondary N) is 4. The lowest BCUT2D eigenvalue weighted by atomic mass is 10.1. The van der Waals surface area contributed by atoms with Crippen LogP contribution in [-0.4, -0.2) is 80.3 Å². The van der Waals surface area contributed by atoms with Crippen LogP contribution in [0.5, 0.6) is 0 Å². The molecule has 3 amide bonds. The maximum Gasteiger partial charge on any atom is 0.274 e. The second-order valence-corrected chi connectivity index (χ2v) is 10.5. The van der Waals surface area contributed by atoms with E-state index < -0.39 is 24.1 Å². The minimum atomic E-state index is -0.764. The zero-order valence-electron chi connectivity index (χ0n) is 21.2. The number of β-amino-alcohol motifs (C(OH)–C–C–N with tert-alkyl or cyclic N) is 1. The Morgan fingerprint density at radius 3 is 2.79 bits per heavy atom. The van der Waals surface area contributed by atoms with Crippen molar-refractivity contribution in [2.45, 2.75) is 43.9 Å². The van der Waals surface area contributed by atoms with Crippen LogP contribution in [0.4, 0.5) is 0 Å². The second kappa shape index (κ2) is 12.4. The number of hydrogen-bond donors (Lipinski definition) is 6. The van der Waals surface area contributed by atoms with Crippen molar-refractivity contribution in [2.75, 3.05) is 20.1 Å². The van der Waals surface area contributed by atoms with Crippen LogP contribution in [0.3, 0.4) is 0 Å². The molecule has 13 nitrogen and oxygen atoms in total. The number of carbonyl (C=O) groups is 3. The highest BCUT2D eigenvalue weighted by atomic mass is 35.5. The molecule has 7 N–H and O–H groups in total. The maximum absolute atomic E-state index is 13.3. The molecule has 0 spiro atoms. The van der Waals surface area contributed by atoms with Crippen molar-refractivity contribution in [2.24, 2.45) is 5.73 Å². The van der Waals surface area contributed by atoms with E-state index in [0.717, 1.165) is 0 Å². The number of likely N-dealkylation sites (tertiary alicyclic amines) is 1. The average molecular weight is 576 g/mol. The Morgan fingerprint density at radius 2 is 2.05 bits per heavy atom. The molecule has 208 valence electrons. The molecule has 0 aliphatic carbocycles. The summed E-state index contributed by atoms with van der Waals surface area (Å²) in [6, 6.07) is 2.09. The SMILES string of the molecule is CNC(=O)C(CCCCNC(=N)N)NC(=O)c1csc(C2CC(O)CN2C(=O)c2cn3cc(Cl)ccc3n2)n1. The van der Waals surface area contributed by atoms with Gasteiger partial charge in [-0.15, -0.1) is 11.3 Å². The van der Waals surface area contributed by atoms with Crippen molar-refractivity contribution >= 4 is 52.3 Å². The van der Waals surface area contributed by atoms with Crippen LogP contribution in [-0.2, 0) is 4.79 Å². The number of rotatable bonds is 10. The molecule has 0 bridgehead atoms. The molecule has 0 saturated carbocycles. The van der Waals surface area contributed by atoms with Gasteiger partial charge >= 0.3 is 0 Å². The van der Waals surface area contributed by atoms with E-state index >= 15 is 0 Å². The summed E-state index contributed by atoms with van der Waals surface area (Å²) in [5.41, 5.74) is 6.16. The second-order valence-electron chi connectivity index (χ2n) is 9.15. The van der Waals surface area contributed by atoms with Crippen LogP contribution in [0, 0.1) is 5.41 Å². The van der Waals surface area contributed by atoms with Crippen LogP contribution in [0.25, 0.3) is 5.65 Å². The lowest BCUT2D eigenvalue weighted by Gasteiger charge is -2.21. The van der Waals surface area contributed by atoms with Gasteiger partial charge in [-0.25, -0.2) is 9.97 Å². The van der Waals surface area contributed by atoms with Gasteiger partial charge in [-0.2, -0.15) is 0 Å². The number of nitrogens with zero attached hydrogens (tertiary/aromatic N) is 4. The Kier molecular flexibility index (Phi) is 8.99. The number of aliphatic hydroxyl groups excluding tert-OH is 1. The lowest BCUT2D eigenvalue weighted by molar-refractivity contribution is -0.122. The number of halogens is 1. The monoisotopic (exact) mass is 575 g/mol. The molecule has 3 atom stereocenters. The number of guanidine groups is 1. The molecule has 1 aliphatic heterocycles. The first-order valence-corrected chi connectivity index (χ1v) is 13.6. The van der Waals surface area contributed by atoms with E-state index in [2.05, 4.69) is 25.9 Å². The normalized spacial score (nSPS) is 17.7. The van der Waals surface area contributed by atoms with Gasteiger partial charge in [-0.05, 0) is 31.4 Å². The molecule has 4 rings (SSSR count). The van der Waals surface area contributed by atoms with Gasteiger partial charge in [0.25, 0.3) is 11.8 Å². The molecule has 3 aromatic rings. The summed E-state index contributed by atoms with van der Waals surface area (Å²) in [5.74, 6) is -1.33. The zero-order valence-corrected chi connectivity index (χ0v) is 22.8. The number of imidazole rings is 1. The Labute approximate surface area is 233 Å². The molecule has 3 unspecified atom stereocenters. The summed E-state index contributed by atoms with van der Waals surface area (Å²) < 4.78 is 1.66. The van der Waals surface area contributed by atoms with Crippen molar-refractivity contribution in [3.05, 3.63) is 51.3 Å². The third-order valence-electron chi connectivity index (χ3n) is 6.32. The van der Waals surface area contributed by atoms with Gasteiger partial charge in [0, 0.05) is 44.3 Å². The summed E-state index contributed by atoms with van der Waals surface area (Å²) in [7, 11) is 1.49. The summed E-state index contributed by atoms with van der Waals surface area (Å²) in [6.45, 7) is 0.598. The summed E-state index contributed by atoms with van der Waals surface area (Å²) in [5, 5.41) is 28.1. The Balaban J connectivity index is 1.43. The van der Waals surface area contributed by atoms with E-state index in [-0.39, 0.29) is 42.1 Å². The standard InChI is InChI=1S/C24H30ClN9O4S/c1-28-20(36)15(4-2-3-7-29-24(26)27)31-21(37)17-12-39-22(32-17)18-8-14(35)10-34(18)23(38)16-11-33-9-13(25)5-6-19(33)30-16/h5-6,9,11-12,14-15,18,35H,2-4,7-8,10H2,1H3,(H,28,36)(H,31,37)(H4,26,27,29). The lowest BCUT2D eigenvalue weighted by Crippen LogP contribution is -2.45. The first-order chi connectivity index (χ1) is 18.7. The van der Waals surface area contributed by atoms with Crippen LogP contribution in [0.15, 0.2) is 29.9 Å². The third kappa shape index (κ3) is 6.82. The van der Waals surface area contributed by atoms with Crippen molar-refractivity contribution in [1.82, 2.24) is 35.2 Å². The molecule has 39 heavy (non-hydrogen) atoms. The fraction of sp³-hybridized carbons (Fsp3) is 0.417. The molecule has 3 aromatic heterocycles. The van der Waals surface area contributed by atoms with Crippen LogP contribution in [0.2, 0.25) is 5.02 Å². The molecule has 15 heteroatoms. The smallest absolute Gasteiger partial charge is 0.274 e. The summed E-state index contributed by atoms with van der Waals surface area (Å²) in [4.78, 5) is 49.0. The predicted octanol–water partition coefficient (Wildman–Crippen LogP) is 0.890. The van der Waals surface area contributed by atoms with Crippen LogP contribution in [0.1, 0.15) is 57.7 Å². The topological polar surface area (TPSA) is 191 Å². The number of aromatic nitrogens is 3. The van der Waals surface area contributed by atoms with Crippen molar-refractivity contribution in [3.63, 3.8) is 0 Å². The minimum absolute atomic E-state index is 0.108. The average Bonchev–Trinajstić information content (AvgIpc) is 3.64. The Hall–Kier alpha value is -3.75. The Morgan fingerprint density at radius 1 is 1.26 bits per heavy atom. The Bertz CT molecular complexity index is 1380. The molecule has 0 radical (unpaired) electrons. The first-order valence-electron chi connectivity index (χ1n) is 12.3. The number of unbranched alkanes of at least 4 members (excludes halogenated alkanes) is 1. The van der Waals surface area contributed by atoms with Gasteiger partial charge in [0.2, 0.25) is 5.91 Å². The number of likely N-dealkylation sites (N-methyl/N-ethyl adjacent to an activating group) is 1. The number of pyridine rings is 1. The number of nitrogens with two attached hydrogens (primary N) is 1. The highest BCUT2D eigenvalue weighted by molar-refractivity contribution is 7.09. The fourth-order valence-electron chi connectivity index (χ4n) is 4.40. The summed E-state index contributed by atoms with van der Waals surface area (Å²) in [6.07, 6.45) is 4.43.